The lowest BCUT2D eigenvalue weighted by Crippen LogP contribution is -2.30. The average molecular weight is 409 g/mol. The first-order chi connectivity index (χ1) is 14.4. The Balaban J connectivity index is 1.88. The summed E-state index contributed by atoms with van der Waals surface area (Å²) in [5, 5.41) is 13.9. The van der Waals surface area contributed by atoms with Crippen molar-refractivity contribution in [2.45, 2.75) is 33.4 Å². The zero-order chi connectivity index (χ0) is 21.7. The van der Waals surface area contributed by atoms with Crippen LogP contribution in [0.1, 0.15) is 37.9 Å². The summed E-state index contributed by atoms with van der Waals surface area (Å²) >= 11 is 0. The molecular weight excluding hydrogens is 386 g/mol. The molecule has 0 saturated heterocycles. The first-order valence-electron chi connectivity index (χ1n) is 9.55. The molecule has 0 aromatic heterocycles. The van der Waals surface area contributed by atoms with Crippen LogP contribution in [0.2, 0.25) is 0 Å². The van der Waals surface area contributed by atoms with E-state index in [1.54, 1.807) is 19.1 Å². The number of nitro groups is 1. The number of non-ortho nitro benzene ring substituents is 1. The van der Waals surface area contributed by atoms with Gasteiger partial charge in [0.25, 0.3) is 5.69 Å². The van der Waals surface area contributed by atoms with Gasteiger partial charge in [0, 0.05) is 23.4 Å². The molecule has 8 nitrogen and oxygen atoms in total. The van der Waals surface area contributed by atoms with Gasteiger partial charge in [-0.3, -0.25) is 15.1 Å². The quantitative estimate of drug-likeness (QED) is 0.420. The highest BCUT2D eigenvalue weighted by atomic mass is 16.6. The van der Waals surface area contributed by atoms with Crippen LogP contribution in [0.3, 0.4) is 0 Å². The molecule has 1 heterocycles. The van der Waals surface area contributed by atoms with Crippen LogP contribution in [-0.2, 0) is 16.1 Å². The molecule has 0 aliphatic carbocycles. The minimum Gasteiger partial charge on any atom is -0.489 e. The van der Waals surface area contributed by atoms with E-state index in [1.807, 2.05) is 38.1 Å². The lowest BCUT2D eigenvalue weighted by Gasteiger charge is -2.26. The zero-order valence-electron chi connectivity index (χ0n) is 17.0. The molecule has 8 heteroatoms. The van der Waals surface area contributed by atoms with Gasteiger partial charge in [-0.1, -0.05) is 18.2 Å². The number of rotatable bonds is 7. The second kappa shape index (κ2) is 9.21. The third-order valence-corrected chi connectivity index (χ3v) is 4.62. The number of para-hydroxylation sites is 1. The number of nitro benzene ring substituents is 1. The lowest BCUT2D eigenvalue weighted by atomic mass is 9.95. The molecule has 1 unspecified atom stereocenters. The highest BCUT2D eigenvalue weighted by Gasteiger charge is 2.31. The Labute approximate surface area is 174 Å². The van der Waals surface area contributed by atoms with E-state index in [4.69, 9.17) is 9.47 Å². The molecule has 1 N–H and O–H groups in total. The number of esters is 1. The third kappa shape index (κ3) is 4.65. The van der Waals surface area contributed by atoms with Crippen molar-refractivity contribution in [2.24, 2.45) is 4.99 Å². The van der Waals surface area contributed by atoms with Crippen molar-refractivity contribution in [1.29, 1.82) is 0 Å². The molecule has 0 amide bonds. The van der Waals surface area contributed by atoms with Crippen molar-refractivity contribution >= 4 is 17.5 Å². The van der Waals surface area contributed by atoms with Gasteiger partial charge in [0.05, 0.1) is 22.9 Å². The topological polar surface area (TPSA) is 103 Å². The zero-order valence-corrected chi connectivity index (χ0v) is 17.0. The van der Waals surface area contributed by atoms with Crippen molar-refractivity contribution in [3.8, 4) is 5.75 Å². The van der Waals surface area contributed by atoms with Crippen LogP contribution < -0.4 is 10.1 Å². The molecular formula is C22H23N3O5. The predicted molar refractivity (Wildman–Crippen MR) is 112 cm³/mol. The van der Waals surface area contributed by atoms with Crippen LogP contribution in [0.15, 0.2) is 64.8 Å². The van der Waals surface area contributed by atoms with E-state index in [0.29, 0.717) is 22.9 Å². The number of allylic oxidation sites excluding steroid dienone is 1. The highest BCUT2D eigenvalue weighted by Crippen LogP contribution is 2.36. The molecule has 0 fully saturated rings. The number of ether oxygens (including phenoxy) is 2. The van der Waals surface area contributed by atoms with E-state index in [9.17, 15) is 14.9 Å². The van der Waals surface area contributed by atoms with Gasteiger partial charge in [0.1, 0.15) is 18.4 Å². The molecule has 2 aromatic rings. The highest BCUT2D eigenvalue weighted by molar-refractivity contribution is 5.95. The fourth-order valence-corrected chi connectivity index (χ4v) is 3.25. The minimum atomic E-state index is -0.557. The van der Waals surface area contributed by atoms with Crippen molar-refractivity contribution in [2.75, 3.05) is 6.61 Å². The number of carbonyl (C=O) groups is 1. The maximum Gasteiger partial charge on any atom is 0.338 e. The summed E-state index contributed by atoms with van der Waals surface area (Å²) < 4.78 is 11.2. The van der Waals surface area contributed by atoms with E-state index in [1.165, 1.54) is 12.1 Å². The summed E-state index contributed by atoms with van der Waals surface area (Å²) in [4.78, 5) is 27.6. The number of nitrogens with one attached hydrogen (secondary N) is 1. The lowest BCUT2D eigenvalue weighted by molar-refractivity contribution is -0.384. The monoisotopic (exact) mass is 409 g/mol. The van der Waals surface area contributed by atoms with E-state index in [2.05, 4.69) is 10.3 Å². The van der Waals surface area contributed by atoms with Gasteiger partial charge in [-0.05, 0) is 44.5 Å². The third-order valence-electron chi connectivity index (χ3n) is 4.62. The van der Waals surface area contributed by atoms with Gasteiger partial charge in [0.2, 0.25) is 0 Å². The number of aliphatic imine (C=N–C) groups is 1. The number of nitrogens with zero attached hydrogens (tertiary/aromatic N) is 2. The van der Waals surface area contributed by atoms with Crippen LogP contribution in [0.4, 0.5) is 5.69 Å². The first kappa shape index (κ1) is 21.0. The standard InChI is InChI=1S/C22H23N3O5/c1-4-29-22(26)20-14(2)23-15(3)24-21(20)18-7-5-6-8-19(18)30-13-16-9-11-17(12-10-16)25(27)28/h5-12,21H,4,13H2,1-3H3,(H,23,24). The van der Waals surface area contributed by atoms with E-state index in [0.717, 1.165) is 11.1 Å². The fraction of sp³-hybridized carbons (Fsp3) is 0.273. The number of hydrogen-bond donors (Lipinski definition) is 1. The van der Waals surface area contributed by atoms with Gasteiger partial charge in [-0.25, -0.2) is 4.79 Å². The van der Waals surface area contributed by atoms with Crippen LogP contribution in [0, 0.1) is 10.1 Å². The van der Waals surface area contributed by atoms with Crippen LogP contribution in [0.25, 0.3) is 0 Å². The molecule has 156 valence electrons. The second-order valence-electron chi connectivity index (χ2n) is 6.75. The Kier molecular flexibility index (Phi) is 6.46. The van der Waals surface area contributed by atoms with Gasteiger partial charge in [-0.2, -0.15) is 0 Å². The fourth-order valence-electron chi connectivity index (χ4n) is 3.25. The largest absolute Gasteiger partial charge is 0.489 e. The molecule has 0 spiro atoms. The molecule has 3 rings (SSSR count). The molecule has 0 saturated carbocycles. The molecule has 1 aliphatic rings. The number of amidine groups is 1. The summed E-state index contributed by atoms with van der Waals surface area (Å²) in [6.45, 7) is 5.90. The summed E-state index contributed by atoms with van der Waals surface area (Å²) in [6, 6.07) is 13.0. The Bertz CT molecular complexity index is 1010. The van der Waals surface area contributed by atoms with Gasteiger partial charge >= 0.3 is 5.97 Å². The molecule has 0 radical (unpaired) electrons. The number of carbonyl (C=O) groups excluding carboxylic acids is 1. The normalized spacial score (nSPS) is 15.8. The van der Waals surface area contributed by atoms with Crippen molar-refractivity contribution in [1.82, 2.24) is 5.32 Å². The summed E-state index contributed by atoms with van der Waals surface area (Å²) in [5.74, 6) is 0.846. The first-order valence-corrected chi connectivity index (χ1v) is 9.55. The van der Waals surface area contributed by atoms with Crippen molar-refractivity contribution in [3.05, 3.63) is 81.0 Å². The number of hydrogen-bond acceptors (Lipinski definition) is 7. The van der Waals surface area contributed by atoms with Crippen molar-refractivity contribution in [3.63, 3.8) is 0 Å². The number of benzene rings is 2. The molecule has 30 heavy (non-hydrogen) atoms. The Morgan fingerprint density at radius 1 is 1.17 bits per heavy atom. The summed E-state index contributed by atoms with van der Waals surface area (Å²) in [5.41, 5.74) is 2.68. The van der Waals surface area contributed by atoms with E-state index >= 15 is 0 Å². The Hall–Kier alpha value is -3.68. The Morgan fingerprint density at radius 3 is 2.53 bits per heavy atom. The van der Waals surface area contributed by atoms with Crippen LogP contribution >= 0.6 is 0 Å². The van der Waals surface area contributed by atoms with Crippen LogP contribution in [0.5, 0.6) is 5.75 Å². The molecule has 0 bridgehead atoms. The maximum atomic E-state index is 12.6. The SMILES string of the molecule is CCOC(=O)C1=C(C)NC(C)=NC1c1ccccc1OCc1ccc([N+](=O)[O-])cc1. The molecule has 1 aliphatic heterocycles. The second-order valence-corrected chi connectivity index (χ2v) is 6.75. The van der Waals surface area contributed by atoms with Crippen LogP contribution in [-0.4, -0.2) is 23.3 Å². The summed E-state index contributed by atoms with van der Waals surface area (Å²) in [6.07, 6.45) is 0. The predicted octanol–water partition coefficient (Wildman–Crippen LogP) is 4.07. The molecule has 1 atom stereocenters. The molecule has 2 aromatic carbocycles. The average Bonchev–Trinajstić information content (AvgIpc) is 2.72. The summed E-state index contributed by atoms with van der Waals surface area (Å²) in [7, 11) is 0. The van der Waals surface area contributed by atoms with Crippen molar-refractivity contribution < 1.29 is 19.2 Å². The smallest absolute Gasteiger partial charge is 0.338 e. The van der Waals surface area contributed by atoms with Gasteiger partial charge < -0.3 is 14.8 Å². The Morgan fingerprint density at radius 2 is 1.87 bits per heavy atom. The van der Waals surface area contributed by atoms with Gasteiger partial charge in [-0.15, -0.1) is 0 Å². The van der Waals surface area contributed by atoms with Gasteiger partial charge in [0.15, 0.2) is 0 Å². The van der Waals surface area contributed by atoms with E-state index in [-0.39, 0.29) is 18.9 Å². The minimum absolute atomic E-state index is 0.0263. The maximum absolute atomic E-state index is 12.6. The van der Waals surface area contributed by atoms with E-state index < -0.39 is 16.9 Å².